The largest absolute Gasteiger partial charge is 0.465 e. The molecule has 0 aliphatic carbocycles. The van der Waals surface area contributed by atoms with Gasteiger partial charge in [-0.15, -0.1) is 0 Å². The van der Waals surface area contributed by atoms with Gasteiger partial charge < -0.3 is 14.8 Å². The van der Waals surface area contributed by atoms with Crippen LogP contribution in [0.5, 0.6) is 0 Å². The van der Waals surface area contributed by atoms with Crippen LogP contribution in [0.25, 0.3) is 0 Å². The Morgan fingerprint density at radius 1 is 1.47 bits per heavy atom. The molecule has 1 aromatic rings. The minimum absolute atomic E-state index is 0.0774. The van der Waals surface area contributed by atoms with E-state index in [4.69, 9.17) is 4.74 Å². The van der Waals surface area contributed by atoms with E-state index in [0.717, 1.165) is 12.8 Å². The van der Waals surface area contributed by atoms with Crippen LogP contribution in [-0.2, 0) is 9.47 Å². The van der Waals surface area contributed by atoms with E-state index in [2.05, 4.69) is 26.0 Å². The second-order valence-electron chi connectivity index (χ2n) is 4.34. The van der Waals surface area contributed by atoms with Crippen LogP contribution in [0.4, 0.5) is 10.1 Å². The summed E-state index contributed by atoms with van der Waals surface area (Å²) in [5.74, 6) is -1.27. The molecule has 1 aliphatic rings. The predicted molar refractivity (Wildman–Crippen MR) is 72.9 cm³/mol. The molecule has 4 nitrogen and oxygen atoms in total. The number of hydrogen-bond donors (Lipinski definition) is 1. The van der Waals surface area contributed by atoms with E-state index in [1.54, 1.807) is 6.07 Å². The Bertz CT molecular complexity index is 475. The lowest BCUT2D eigenvalue weighted by atomic mass is 10.1. The molecule has 0 spiro atoms. The number of hydrogen-bond acceptors (Lipinski definition) is 4. The average molecular weight is 332 g/mol. The summed E-state index contributed by atoms with van der Waals surface area (Å²) in [6.45, 7) is 1.33. The standard InChI is InChI=1S/C13H15BrFNO3/c1-18-13(17)10-6-8(14)7-11(12(10)15)16-9-2-4-19-5-3-9/h6-7,9,16H,2-5H2,1H3. The Morgan fingerprint density at radius 2 is 2.16 bits per heavy atom. The predicted octanol–water partition coefficient (Wildman–Crippen LogP) is 2.97. The van der Waals surface area contributed by atoms with Crippen molar-refractivity contribution in [3.05, 3.63) is 28.0 Å². The molecule has 19 heavy (non-hydrogen) atoms. The maximum Gasteiger partial charge on any atom is 0.340 e. The van der Waals surface area contributed by atoms with Crippen LogP contribution in [0.3, 0.4) is 0 Å². The highest BCUT2D eigenvalue weighted by Gasteiger charge is 2.20. The van der Waals surface area contributed by atoms with Crippen molar-refractivity contribution in [3.63, 3.8) is 0 Å². The van der Waals surface area contributed by atoms with Gasteiger partial charge >= 0.3 is 5.97 Å². The van der Waals surface area contributed by atoms with Crippen LogP contribution < -0.4 is 5.32 Å². The minimum atomic E-state index is -0.686. The van der Waals surface area contributed by atoms with Gasteiger partial charge in [-0.2, -0.15) is 0 Å². The van der Waals surface area contributed by atoms with Gasteiger partial charge in [0.05, 0.1) is 18.4 Å². The van der Waals surface area contributed by atoms with Gasteiger partial charge in [0.2, 0.25) is 0 Å². The number of ether oxygens (including phenoxy) is 2. The van der Waals surface area contributed by atoms with E-state index in [1.807, 2.05) is 0 Å². The van der Waals surface area contributed by atoms with Crippen LogP contribution in [0.2, 0.25) is 0 Å². The molecule has 0 amide bonds. The van der Waals surface area contributed by atoms with Crippen molar-refractivity contribution in [1.82, 2.24) is 0 Å². The highest BCUT2D eigenvalue weighted by atomic mass is 79.9. The number of benzene rings is 1. The first-order valence-corrected chi connectivity index (χ1v) is 6.82. The summed E-state index contributed by atoms with van der Waals surface area (Å²) in [6.07, 6.45) is 1.64. The zero-order valence-corrected chi connectivity index (χ0v) is 12.1. The molecule has 0 saturated carbocycles. The molecule has 2 rings (SSSR count). The van der Waals surface area contributed by atoms with Gasteiger partial charge in [0, 0.05) is 23.7 Å². The third-order valence-electron chi connectivity index (χ3n) is 3.02. The molecule has 1 fully saturated rings. The average Bonchev–Trinajstić information content (AvgIpc) is 2.42. The first-order valence-electron chi connectivity index (χ1n) is 6.03. The lowest BCUT2D eigenvalue weighted by molar-refractivity contribution is 0.0595. The normalized spacial score (nSPS) is 16.2. The third kappa shape index (κ3) is 3.45. The van der Waals surface area contributed by atoms with Crippen molar-refractivity contribution in [2.75, 3.05) is 25.6 Å². The van der Waals surface area contributed by atoms with E-state index in [-0.39, 0.29) is 11.6 Å². The maximum atomic E-state index is 14.2. The van der Waals surface area contributed by atoms with E-state index < -0.39 is 11.8 Å². The van der Waals surface area contributed by atoms with Crippen LogP contribution >= 0.6 is 15.9 Å². The number of anilines is 1. The van der Waals surface area contributed by atoms with Crippen molar-refractivity contribution >= 4 is 27.6 Å². The van der Waals surface area contributed by atoms with Gasteiger partial charge in [0.1, 0.15) is 0 Å². The Morgan fingerprint density at radius 3 is 2.79 bits per heavy atom. The maximum absolute atomic E-state index is 14.2. The molecule has 1 N–H and O–H groups in total. The van der Waals surface area contributed by atoms with Crippen molar-refractivity contribution in [3.8, 4) is 0 Å². The SMILES string of the molecule is COC(=O)c1cc(Br)cc(NC2CCOCC2)c1F. The lowest BCUT2D eigenvalue weighted by Gasteiger charge is -2.24. The van der Waals surface area contributed by atoms with Crippen LogP contribution in [0.1, 0.15) is 23.2 Å². The topological polar surface area (TPSA) is 47.6 Å². The molecule has 0 aromatic heterocycles. The highest BCUT2D eigenvalue weighted by molar-refractivity contribution is 9.10. The number of carbonyl (C=O) groups excluding carboxylic acids is 1. The van der Waals surface area contributed by atoms with Crippen molar-refractivity contribution in [1.29, 1.82) is 0 Å². The molecule has 1 heterocycles. The molecule has 6 heteroatoms. The number of carbonyl (C=O) groups is 1. The molecule has 104 valence electrons. The summed E-state index contributed by atoms with van der Waals surface area (Å²) in [6, 6.07) is 3.19. The van der Waals surface area contributed by atoms with Crippen molar-refractivity contribution in [2.24, 2.45) is 0 Å². The summed E-state index contributed by atoms with van der Waals surface area (Å²) >= 11 is 3.27. The molecule has 0 bridgehead atoms. The molecule has 1 aliphatic heterocycles. The second kappa shape index (κ2) is 6.34. The highest BCUT2D eigenvalue weighted by Crippen LogP contribution is 2.26. The van der Waals surface area contributed by atoms with Gasteiger partial charge in [-0.3, -0.25) is 0 Å². The van der Waals surface area contributed by atoms with Crippen molar-refractivity contribution in [2.45, 2.75) is 18.9 Å². The molecule has 0 unspecified atom stereocenters. The van der Waals surface area contributed by atoms with Crippen molar-refractivity contribution < 1.29 is 18.7 Å². The number of nitrogens with one attached hydrogen (secondary N) is 1. The third-order valence-corrected chi connectivity index (χ3v) is 3.48. The lowest BCUT2D eigenvalue weighted by Crippen LogP contribution is -2.28. The van der Waals surface area contributed by atoms with E-state index in [1.165, 1.54) is 13.2 Å². The summed E-state index contributed by atoms with van der Waals surface area (Å²) in [5.41, 5.74) is 0.230. The van der Waals surface area contributed by atoms with E-state index >= 15 is 0 Å². The zero-order valence-electron chi connectivity index (χ0n) is 10.5. The van der Waals surface area contributed by atoms with Gasteiger partial charge in [-0.25, -0.2) is 9.18 Å². The van der Waals surface area contributed by atoms with Gasteiger partial charge in [0.15, 0.2) is 5.82 Å². The fourth-order valence-corrected chi connectivity index (χ4v) is 2.47. The smallest absolute Gasteiger partial charge is 0.340 e. The zero-order chi connectivity index (χ0) is 13.8. The Balaban J connectivity index is 2.24. The summed E-state index contributed by atoms with van der Waals surface area (Å²) < 4.78 is 24.7. The Labute approximate surface area is 119 Å². The van der Waals surface area contributed by atoms with Gasteiger partial charge in [-0.1, -0.05) is 15.9 Å². The number of halogens is 2. The van der Waals surface area contributed by atoms with Gasteiger partial charge in [0.25, 0.3) is 0 Å². The number of rotatable bonds is 3. The van der Waals surface area contributed by atoms with Crippen LogP contribution in [-0.4, -0.2) is 32.3 Å². The first-order chi connectivity index (χ1) is 9.11. The molecule has 0 radical (unpaired) electrons. The quantitative estimate of drug-likeness (QED) is 0.865. The molecular weight excluding hydrogens is 317 g/mol. The Hall–Kier alpha value is -1.14. The monoisotopic (exact) mass is 331 g/mol. The van der Waals surface area contributed by atoms with E-state index in [9.17, 15) is 9.18 Å². The molecule has 1 saturated heterocycles. The Kier molecular flexibility index (Phi) is 4.76. The minimum Gasteiger partial charge on any atom is -0.465 e. The second-order valence-corrected chi connectivity index (χ2v) is 5.25. The molecule has 1 aromatic carbocycles. The number of methoxy groups -OCH3 is 1. The number of esters is 1. The fraction of sp³-hybridized carbons (Fsp3) is 0.462. The van der Waals surface area contributed by atoms with E-state index in [0.29, 0.717) is 23.4 Å². The molecular formula is C13H15BrFNO3. The fourth-order valence-electron chi connectivity index (χ4n) is 2.01. The molecule has 0 atom stereocenters. The summed E-state index contributed by atoms with van der Waals surface area (Å²) in [5, 5.41) is 3.12. The summed E-state index contributed by atoms with van der Waals surface area (Å²) in [4.78, 5) is 11.5. The van der Waals surface area contributed by atoms with Crippen LogP contribution in [0.15, 0.2) is 16.6 Å². The first kappa shape index (κ1) is 14.3. The summed E-state index contributed by atoms with van der Waals surface area (Å²) in [7, 11) is 1.23. The van der Waals surface area contributed by atoms with Crippen LogP contribution in [0, 0.1) is 5.82 Å². The van der Waals surface area contributed by atoms with Gasteiger partial charge in [-0.05, 0) is 25.0 Å².